The van der Waals surface area contributed by atoms with Crippen molar-refractivity contribution >= 4 is 29.8 Å². The Kier molecular flexibility index (Phi) is 20.0. The molecule has 0 unspecified atom stereocenters. The Hall–Kier alpha value is -7.53. The molecule has 6 aromatic rings. The van der Waals surface area contributed by atoms with Crippen molar-refractivity contribution in [2.75, 3.05) is 13.2 Å². The summed E-state index contributed by atoms with van der Waals surface area (Å²) >= 11 is 0. The highest BCUT2D eigenvalue weighted by atomic mass is 16.6. The standard InChI is InChI=1S/C57H58O11/c1-2-3-4-5-6-7-8-9-10-15-39-63-48-31-25-45(26-32-48)55(60)66-51-37-29-46(30-38-51)56(61)67-52-21-17-20-47(41-52)42-23-35-50(36-24-42)65-54(59)44-27-33-49(34-28-44)64-40-16-14-22-53(58)68-57(62)43-18-12-11-13-19-43/h11-13,17-21,23-38,41H,2-10,14-16,22,39-40H2,1H3. The number of hydrogen-bond donors (Lipinski definition) is 0. The molecular weight excluding hydrogens is 861 g/mol. The van der Waals surface area contributed by atoms with E-state index < -0.39 is 29.8 Å². The van der Waals surface area contributed by atoms with Crippen LogP contribution < -0.4 is 23.7 Å². The molecule has 0 bridgehead atoms. The number of hydrogen-bond acceptors (Lipinski definition) is 11. The second-order valence-corrected chi connectivity index (χ2v) is 16.3. The van der Waals surface area contributed by atoms with E-state index in [1.54, 1.807) is 133 Å². The maximum atomic E-state index is 13.1. The molecule has 0 atom stereocenters. The van der Waals surface area contributed by atoms with Gasteiger partial charge >= 0.3 is 29.8 Å². The quantitative estimate of drug-likeness (QED) is 0.0222. The molecule has 352 valence electrons. The molecule has 0 saturated carbocycles. The zero-order chi connectivity index (χ0) is 47.8. The monoisotopic (exact) mass is 918 g/mol. The molecule has 11 nitrogen and oxygen atoms in total. The first-order valence-corrected chi connectivity index (χ1v) is 23.5. The van der Waals surface area contributed by atoms with Gasteiger partial charge in [-0.2, -0.15) is 0 Å². The van der Waals surface area contributed by atoms with Crippen LogP contribution in [0.5, 0.6) is 28.7 Å². The van der Waals surface area contributed by atoms with Crippen LogP contribution >= 0.6 is 0 Å². The van der Waals surface area contributed by atoms with E-state index in [-0.39, 0.29) is 17.7 Å². The number of carbonyl (C=O) groups is 5. The minimum absolute atomic E-state index is 0.0858. The number of unbranched alkanes of at least 4 members (excludes halogenated alkanes) is 10. The molecule has 68 heavy (non-hydrogen) atoms. The van der Waals surface area contributed by atoms with E-state index >= 15 is 0 Å². The molecule has 0 aliphatic rings. The highest BCUT2D eigenvalue weighted by Gasteiger charge is 2.15. The van der Waals surface area contributed by atoms with Crippen molar-refractivity contribution in [3.63, 3.8) is 0 Å². The first kappa shape index (κ1) is 49.9. The van der Waals surface area contributed by atoms with E-state index in [0.717, 1.165) is 24.0 Å². The van der Waals surface area contributed by atoms with Crippen LogP contribution in [0.15, 0.2) is 152 Å². The summed E-state index contributed by atoms with van der Waals surface area (Å²) in [6.45, 7) is 3.22. The number of esters is 5. The van der Waals surface area contributed by atoms with Gasteiger partial charge in [-0.3, -0.25) is 4.79 Å². The molecule has 0 saturated heterocycles. The minimum atomic E-state index is -0.673. The van der Waals surface area contributed by atoms with Crippen LogP contribution in [0.4, 0.5) is 0 Å². The molecule has 0 spiro atoms. The van der Waals surface area contributed by atoms with Gasteiger partial charge in [0.25, 0.3) is 0 Å². The van der Waals surface area contributed by atoms with E-state index in [4.69, 9.17) is 28.4 Å². The Labute approximate surface area is 398 Å². The largest absolute Gasteiger partial charge is 0.494 e. The maximum Gasteiger partial charge on any atom is 0.345 e. The van der Waals surface area contributed by atoms with Crippen molar-refractivity contribution < 1.29 is 52.4 Å². The molecule has 0 heterocycles. The average molecular weight is 919 g/mol. The van der Waals surface area contributed by atoms with Gasteiger partial charge in [0.2, 0.25) is 0 Å². The van der Waals surface area contributed by atoms with Crippen LogP contribution in [0.3, 0.4) is 0 Å². The Morgan fingerprint density at radius 3 is 1.29 bits per heavy atom. The molecule has 6 rings (SSSR count). The van der Waals surface area contributed by atoms with Crippen molar-refractivity contribution in [3.8, 4) is 39.9 Å². The van der Waals surface area contributed by atoms with Gasteiger partial charge in [-0.15, -0.1) is 0 Å². The molecule has 0 aromatic heterocycles. The van der Waals surface area contributed by atoms with Gasteiger partial charge in [0, 0.05) is 6.42 Å². The molecule has 0 radical (unpaired) electrons. The van der Waals surface area contributed by atoms with E-state index in [0.29, 0.717) is 65.7 Å². The van der Waals surface area contributed by atoms with Crippen molar-refractivity contribution in [2.45, 2.75) is 90.4 Å². The molecule has 0 aliphatic carbocycles. The number of rotatable bonds is 26. The highest BCUT2D eigenvalue weighted by Crippen LogP contribution is 2.28. The summed E-state index contributed by atoms with van der Waals surface area (Å²) in [6.07, 6.45) is 13.8. The van der Waals surface area contributed by atoms with Gasteiger partial charge in [-0.25, -0.2) is 19.2 Å². The Bertz CT molecular complexity index is 2520. The van der Waals surface area contributed by atoms with Gasteiger partial charge < -0.3 is 28.4 Å². The predicted octanol–water partition coefficient (Wildman–Crippen LogP) is 13.2. The Morgan fingerprint density at radius 2 is 0.779 bits per heavy atom. The lowest BCUT2D eigenvalue weighted by atomic mass is 10.1. The van der Waals surface area contributed by atoms with Crippen molar-refractivity contribution in [1.82, 2.24) is 0 Å². The molecule has 0 amide bonds. The fourth-order valence-electron chi connectivity index (χ4n) is 7.11. The lowest BCUT2D eigenvalue weighted by Gasteiger charge is -2.10. The fourth-order valence-corrected chi connectivity index (χ4v) is 7.11. The van der Waals surface area contributed by atoms with Gasteiger partial charge in [0.15, 0.2) is 0 Å². The van der Waals surface area contributed by atoms with Crippen LogP contribution in [-0.2, 0) is 9.53 Å². The summed E-state index contributed by atoms with van der Waals surface area (Å²) in [5.74, 6) is -0.688. The predicted molar refractivity (Wildman–Crippen MR) is 260 cm³/mol. The summed E-state index contributed by atoms with van der Waals surface area (Å²) in [4.78, 5) is 62.8. The number of carbonyl (C=O) groups excluding carboxylic acids is 5. The first-order valence-electron chi connectivity index (χ1n) is 23.5. The second kappa shape index (κ2) is 27.2. The topological polar surface area (TPSA) is 141 Å². The Balaban J connectivity index is 0.875. The van der Waals surface area contributed by atoms with Gasteiger partial charge in [-0.05, 0) is 140 Å². The molecule has 0 aliphatic heterocycles. The molecular formula is C57H58O11. The maximum absolute atomic E-state index is 13.1. The van der Waals surface area contributed by atoms with Crippen molar-refractivity contribution in [1.29, 1.82) is 0 Å². The van der Waals surface area contributed by atoms with Gasteiger partial charge in [-0.1, -0.05) is 107 Å². The van der Waals surface area contributed by atoms with Crippen LogP contribution in [0.1, 0.15) is 132 Å². The number of benzene rings is 6. The summed E-state index contributed by atoms with van der Waals surface area (Å²) in [5.41, 5.74) is 2.89. The van der Waals surface area contributed by atoms with Crippen molar-refractivity contribution in [3.05, 3.63) is 174 Å². The van der Waals surface area contributed by atoms with E-state index in [9.17, 15) is 24.0 Å². The normalized spacial score (nSPS) is 10.7. The van der Waals surface area contributed by atoms with E-state index in [1.807, 2.05) is 6.07 Å². The third kappa shape index (κ3) is 16.7. The van der Waals surface area contributed by atoms with Gasteiger partial charge in [0.05, 0.1) is 35.5 Å². The summed E-state index contributed by atoms with van der Waals surface area (Å²) < 4.78 is 33.3. The highest BCUT2D eigenvalue weighted by molar-refractivity contribution is 5.97. The summed E-state index contributed by atoms with van der Waals surface area (Å²) in [5, 5.41) is 0. The lowest BCUT2D eigenvalue weighted by molar-refractivity contribution is -0.138. The molecule has 0 N–H and O–H groups in total. The molecule has 0 fully saturated rings. The third-order valence-corrected chi connectivity index (χ3v) is 10.9. The van der Waals surface area contributed by atoms with Gasteiger partial charge in [0.1, 0.15) is 28.7 Å². The van der Waals surface area contributed by atoms with E-state index in [1.165, 1.54) is 63.5 Å². The third-order valence-electron chi connectivity index (χ3n) is 10.9. The Morgan fingerprint density at radius 1 is 0.353 bits per heavy atom. The zero-order valence-electron chi connectivity index (χ0n) is 38.5. The second-order valence-electron chi connectivity index (χ2n) is 16.3. The SMILES string of the molecule is CCCCCCCCCCCCOc1ccc(C(=O)Oc2ccc(C(=O)Oc3cccc(-c4ccc(OC(=O)c5ccc(OCCCCC(=O)OC(=O)c6ccccc6)cc5)cc4)c3)cc2)cc1. The average Bonchev–Trinajstić information content (AvgIpc) is 3.36. The zero-order valence-corrected chi connectivity index (χ0v) is 38.5. The van der Waals surface area contributed by atoms with Crippen molar-refractivity contribution in [2.24, 2.45) is 0 Å². The molecule has 6 aromatic carbocycles. The van der Waals surface area contributed by atoms with E-state index in [2.05, 4.69) is 6.92 Å². The van der Waals surface area contributed by atoms with Crippen LogP contribution in [-0.4, -0.2) is 43.1 Å². The lowest BCUT2D eigenvalue weighted by Crippen LogP contribution is -2.12. The first-order chi connectivity index (χ1) is 33.2. The smallest absolute Gasteiger partial charge is 0.345 e. The fraction of sp³-hybridized carbons (Fsp3) is 0.281. The summed E-state index contributed by atoms with van der Waals surface area (Å²) in [6, 6.07) is 41.9. The minimum Gasteiger partial charge on any atom is -0.494 e. The molecule has 11 heteroatoms. The summed E-state index contributed by atoms with van der Waals surface area (Å²) in [7, 11) is 0. The van der Waals surface area contributed by atoms with Crippen LogP contribution in [0, 0.1) is 0 Å². The number of ether oxygens (including phenoxy) is 6. The van der Waals surface area contributed by atoms with Crippen LogP contribution in [0.25, 0.3) is 11.1 Å². The van der Waals surface area contributed by atoms with Crippen LogP contribution in [0.2, 0.25) is 0 Å².